The number of rotatable bonds is 3. The van der Waals surface area contributed by atoms with Crippen molar-refractivity contribution in [2.75, 3.05) is 12.0 Å². The number of aryl methyl sites for hydroxylation is 1. The maximum Gasteiger partial charge on any atom is 0.405 e. The molecule has 8 heteroatoms. The molecule has 0 saturated heterocycles. The van der Waals surface area contributed by atoms with E-state index in [1.807, 2.05) is 5.43 Å². The number of nitrogen functional groups attached to an aromatic ring is 1. The number of amides is 1. The Balaban J connectivity index is 2.92. The van der Waals surface area contributed by atoms with Crippen molar-refractivity contribution in [3.8, 4) is 0 Å². The Hall–Kier alpha value is -1.83. The zero-order valence-electron chi connectivity index (χ0n) is 9.36. The number of hydrazine groups is 1. The van der Waals surface area contributed by atoms with Crippen LogP contribution < -0.4 is 16.6 Å². The zero-order chi connectivity index (χ0) is 13.9. The fourth-order valence-electron chi connectivity index (χ4n) is 1.30. The molecule has 0 saturated carbocycles. The number of nitrogens with two attached hydrogens (primary N) is 1. The predicted molar refractivity (Wildman–Crippen MR) is 57.3 cm³/mol. The second kappa shape index (κ2) is 5.21. The maximum absolute atomic E-state index is 13.2. The third kappa shape index (κ3) is 3.59. The van der Waals surface area contributed by atoms with Crippen LogP contribution in [-0.2, 0) is 0 Å². The number of halogens is 4. The van der Waals surface area contributed by atoms with Crippen LogP contribution in [0.5, 0.6) is 0 Å². The summed E-state index contributed by atoms with van der Waals surface area (Å²) in [6.07, 6.45) is -4.50. The topological polar surface area (TPSA) is 67.1 Å². The van der Waals surface area contributed by atoms with E-state index in [4.69, 9.17) is 5.84 Å². The van der Waals surface area contributed by atoms with E-state index >= 15 is 0 Å². The molecule has 4 N–H and O–H groups in total. The minimum absolute atomic E-state index is 0.0754. The van der Waals surface area contributed by atoms with Gasteiger partial charge < -0.3 is 10.7 Å². The van der Waals surface area contributed by atoms with E-state index in [-0.39, 0.29) is 16.8 Å². The molecule has 0 aliphatic heterocycles. The first-order valence-corrected chi connectivity index (χ1v) is 4.86. The van der Waals surface area contributed by atoms with Gasteiger partial charge in [0.1, 0.15) is 12.4 Å². The largest absolute Gasteiger partial charge is 0.405 e. The fraction of sp³-hybridized carbons (Fsp3) is 0.300. The highest BCUT2D eigenvalue weighted by Crippen LogP contribution is 2.19. The number of alkyl halides is 3. The van der Waals surface area contributed by atoms with Gasteiger partial charge in [0.2, 0.25) is 0 Å². The van der Waals surface area contributed by atoms with Crippen molar-refractivity contribution in [3.05, 3.63) is 29.1 Å². The van der Waals surface area contributed by atoms with Crippen LogP contribution >= 0.6 is 0 Å². The van der Waals surface area contributed by atoms with E-state index < -0.39 is 24.4 Å². The van der Waals surface area contributed by atoms with Crippen LogP contribution in [0.25, 0.3) is 0 Å². The number of carbonyl (C=O) groups is 1. The van der Waals surface area contributed by atoms with E-state index in [2.05, 4.69) is 0 Å². The number of hydrogen-bond donors (Lipinski definition) is 3. The Bertz CT molecular complexity index is 459. The summed E-state index contributed by atoms with van der Waals surface area (Å²) < 4.78 is 49.0. The van der Waals surface area contributed by atoms with Crippen LogP contribution in [0.1, 0.15) is 15.9 Å². The monoisotopic (exact) mass is 265 g/mol. The van der Waals surface area contributed by atoms with Gasteiger partial charge in [-0.15, -0.1) is 0 Å². The lowest BCUT2D eigenvalue weighted by molar-refractivity contribution is -0.123. The van der Waals surface area contributed by atoms with Gasteiger partial charge >= 0.3 is 6.18 Å². The molecule has 0 aliphatic carbocycles. The van der Waals surface area contributed by atoms with Crippen molar-refractivity contribution < 1.29 is 22.4 Å². The van der Waals surface area contributed by atoms with Gasteiger partial charge in [-0.05, 0) is 24.6 Å². The molecule has 0 radical (unpaired) electrons. The van der Waals surface area contributed by atoms with Gasteiger partial charge in [0.05, 0.1) is 5.69 Å². The molecule has 0 unspecified atom stereocenters. The Kier molecular flexibility index (Phi) is 4.12. The molecule has 0 atom stereocenters. The second-order valence-electron chi connectivity index (χ2n) is 3.59. The smallest absolute Gasteiger partial charge is 0.343 e. The minimum atomic E-state index is -4.50. The summed E-state index contributed by atoms with van der Waals surface area (Å²) in [5, 5.41) is 1.70. The predicted octanol–water partition coefficient (Wildman–Crippen LogP) is 1.71. The minimum Gasteiger partial charge on any atom is -0.343 e. The van der Waals surface area contributed by atoms with Crippen molar-refractivity contribution in [1.29, 1.82) is 0 Å². The maximum atomic E-state index is 13.2. The molecular weight excluding hydrogens is 254 g/mol. The number of hydrogen-bond acceptors (Lipinski definition) is 3. The third-order valence-electron chi connectivity index (χ3n) is 2.16. The van der Waals surface area contributed by atoms with Crippen molar-refractivity contribution in [2.45, 2.75) is 13.1 Å². The Morgan fingerprint density at radius 3 is 2.50 bits per heavy atom. The summed E-state index contributed by atoms with van der Waals surface area (Å²) in [7, 11) is 0. The summed E-state index contributed by atoms with van der Waals surface area (Å²) >= 11 is 0. The molecule has 1 rings (SSSR count). The average molecular weight is 265 g/mol. The summed E-state index contributed by atoms with van der Waals surface area (Å²) in [5.74, 6) is 3.38. The van der Waals surface area contributed by atoms with Crippen molar-refractivity contribution in [1.82, 2.24) is 5.32 Å². The lowest BCUT2D eigenvalue weighted by atomic mass is 10.1. The molecule has 0 aromatic heterocycles. The fourth-order valence-corrected chi connectivity index (χ4v) is 1.30. The number of carbonyl (C=O) groups excluding carboxylic acids is 1. The summed E-state index contributed by atoms with van der Waals surface area (Å²) in [4.78, 5) is 11.5. The van der Waals surface area contributed by atoms with Crippen LogP contribution in [0.2, 0.25) is 0 Å². The number of benzene rings is 1. The van der Waals surface area contributed by atoms with E-state index in [1.165, 1.54) is 6.92 Å². The Morgan fingerprint density at radius 2 is 2.00 bits per heavy atom. The molecule has 0 spiro atoms. The number of anilines is 1. The van der Waals surface area contributed by atoms with Crippen LogP contribution in [0.4, 0.5) is 23.2 Å². The molecule has 0 bridgehead atoms. The van der Waals surface area contributed by atoms with Gasteiger partial charge in [0, 0.05) is 5.56 Å². The van der Waals surface area contributed by atoms with Crippen LogP contribution in [0.15, 0.2) is 12.1 Å². The van der Waals surface area contributed by atoms with E-state index in [0.29, 0.717) is 0 Å². The Labute approximate surface area is 100 Å². The molecule has 100 valence electrons. The molecule has 1 aromatic carbocycles. The van der Waals surface area contributed by atoms with E-state index in [0.717, 1.165) is 12.1 Å². The molecule has 18 heavy (non-hydrogen) atoms. The van der Waals surface area contributed by atoms with Crippen LogP contribution in [-0.4, -0.2) is 18.6 Å². The first kappa shape index (κ1) is 14.2. The first-order valence-electron chi connectivity index (χ1n) is 4.86. The zero-order valence-corrected chi connectivity index (χ0v) is 9.36. The van der Waals surface area contributed by atoms with E-state index in [9.17, 15) is 22.4 Å². The highest BCUT2D eigenvalue weighted by atomic mass is 19.4. The van der Waals surface area contributed by atoms with Crippen molar-refractivity contribution in [3.63, 3.8) is 0 Å². The van der Waals surface area contributed by atoms with E-state index in [1.54, 1.807) is 5.32 Å². The highest BCUT2D eigenvalue weighted by molar-refractivity contribution is 5.96. The van der Waals surface area contributed by atoms with Crippen LogP contribution in [0, 0.1) is 12.7 Å². The van der Waals surface area contributed by atoms with Gasteiger partial charge in [0.25, 0.3) is 5.91 Å². The quantitative estimate of drug-likeness (QED) is 0.443. The highest BCUT2D eigenvalue weighted by Gasteiger charge is 2.28. The molecule has 4 nitrogen and oxygen atoms in total. The SMILES string of the molecule is Cc1cc(F)c(NN)cc1C(=O)NCC(F)(F)F. The average Bonchev–Trinajstić information content (AvgIpc) is 2.25. The van der Waals surface area contributed by atoms with Crippen molar-refractivity contribution >= 4 is 11.6 Å². The van der Waals surface area contributed by atoms with Crippen molar-refractivity contribution in [2.24, 2.45) is 5.84 Å². The van der Waals surface area contributed by atoms with Gasteiger partial charge in [-0.25, -0.2) is 4.39 Å². The lowest BCUT2D eigenvalue weighted by Gasteiger charge is -2.11. The third-order valence-corrected chi connectivity index (χ3v) is 2.16. The molecule has 1 amide bonds. The van der Waals surface area contributed by atoms with Gasteiger partial charge in [-0.1, -0.05) is 0 Å². The summed E-state index contributed by atoms with van der Waals surface area (Å²) in [6.45, 7) is -0.0418. The normalized spacial score (nSPS) is 11.2. The number of nitrogens with one attached hydrogen (secondary N) is 2. The molecule has 1 aromatic rings. The molecule has 0 heterocycles. The van der Waals surface area contributed by atoms with Gasteiger partial charge in [-0.2, -0.15) is 13.2 Å². The molecular formula is C10H11F4N3O. The summed E-state index contributed by atoms with van der Waals surface area (Å²) in [6, 6.07) is 2.06. The first-order chi connectivity index (χ1) is 8.24. The van der Waals surface area contributed by atoms with Gasteiger partial charge in [-0.3, -0.25) is 10.6 Å². The second-order valence-corrected chi connectivity index (χ2v) is 3.59. The van der Waals surface area contributed by atoms with Crippen LogP contribution in [0.3, 0.4) is 0 Å². The Morgan fingerprint density at radius 1 is 1.39 bits per heavy atom. The van der Waals surface area contributed by atoms with Gasteiger partial charge in [0.15, 0.2) is 0 Å². The summed E-state index contributed by atoms with van der Waals surface area (Å²) in [5.41, 5.74) is 1.98. The molecule has 0 aliphatic rings. The lowest BCUT2D eigenvalue weighted by Crippen LogP contribution is -2.34. The molecule has 0 fully saturated rings. The standard InChI is InChI=1S/C10H11F4N3O/c1-5-2-7(11)8(17-15)3-6(5)9(18)16-4-10(12,13)14/h2-3,17H,4,15H2,1H3,(H,16,18).